The molecule has 1 saturated heterocycles. The fourth-order valence-corrected chi connectivity index (χ4v) is 6.99. The van der Waals surface area contributed by atoms with Gasteiger partial charge in [0, 0.05) is 62.3 Å². The van der Waals surface area contributed by atoms with Crippen LogP contribution in [0.1, 0.15) is 95.5 Å². The van der Waals surface area contributed by atoms with Crippen molar-refractivity contribution in [2.75, 3.05) is 20.3 Å². The Morgan fingerprint density at radius 3 is 2.33 bits per heavy atom. The Morgan fingerprint density at radius 1 is 1.04 bits per heavy atom. The summed E-state index contributed by atoms with van der Waals surface area (Å²) < 4.78 is 27.5. The monoisotopic (exact) mass is 715 g/mol. The lowest BCUT2D eigenvalue weighted by atomic mass is 9.72. The molecule has 6 atom stereocenters. The topological polar surface area (TPSA) is 245 Å². The van der Waals surface area contributed by atoms with Crippen LogP contribution in [0, 0.1) is 0 Å². The molecule has 0 spiro atoms. The molecule has 51 heavy (non-hydrogen) atoms. The predicted octanol–water partition coefficient (Wildman–Crippen LogP) is 0.865. The molecule has 0 aromatic heterocycles. The van der Waals surface area contributed by atoms with Crippen molar-refractivity contribution >= 4 is 29.3 Å². The molecule has 2 aromatic rings. The van der Waals surface area contributed by atoms with Gasteiger partial charge in [0.15, 0.2) is 17.9 Å². The first-order valence-corrected chi connectivity index (χ1v) is 16.4. The molecule has 0 saturated carbocycles. The van der Waals surface area contributed by atoms with E-state index in [1.807, 2.05) is 0 Å². The lowest BCUT2D eigenvalue weighted by molar-refractivity contribution is -0.249. The maximum absolute atomic E-state index is 13.9. The summed E-state index contributed by atoms with van der Waals surface area (Å²) in [5.41, 5.74) is -3.92. The zero-order chi connectivity index (χ0) is 37.4. The quantitative estimate of drug-likeness (QED) is 0.0659. The second-order valence-electron chi connectivity index (χ2n) is 12.8. The molecule has 0 amide bonds. The summed E-state index contributed by atoms with van der Waals surface area (Å²) in [6.45, 7) is 3.17. The summed E-state index contributed by atoms with van der Waals surface area (Å²) in [6.07, 6.45) is -6.12. The number of phenolic OH excluding ortho intramolecular Hbond substituents is 2. The molecule has 2 aromatic carbocycles. The van der Waals surface area contributed by atoms with Crippen molar-refractivity contribution in [2.24, 2.45) is 0 Å². The number of phenols is 2. The number of Topliss-reactive ketones (excluding diaryl/α,β-unsaturated/α-hetero) is 1. The van der Waals surface area contributed by atoms with Crippen molar-refractivity contribution < 1.29 is 73.2 Å². The van der Waals surface area contributed by atoms with E-state index in [0.29, 0.717) is 6.42 Å². The van der Waals surface area contributed by atoms with Gasteiger partial charge in [0.1, 0.15) is 29.5 Å². The third-order valence-electron chi connectivity index (χ3n) is 9.38. The average molecular weight is 716 g/mol. The first kappa shape index (κ1) is 37.8. The van der Waals surface area contributed by atoms with Crippen molar-refractivity contribution in [3.63, 3.8) is 0 Å². The number of aliphatic hydroxyl groups excluding tert-OH is 2. The second-order valence-corrected chi connectivity index (χ2v) is 12.8. The van der Waals surface area contributed by atoms with Crippen LogP contribution in [0.25, 0.3) is 0 Å². The Bertz CT molecular complexity index is 1720. The molecular formula is C35H41NO15. The number of nitrogens with one attached hydrogen (secondary N) is 1. The number of hydrogen-bond donors (Lipinski definition) is 6. The number of rotatable bonds is 12. The van der Waals surface area contributed by atoms with E-state index in [9.17, 15) is 49.5 Å². The van der Waals surface area contributed by atoms with E-state index in [0.717, 1.165) is 0 Å². The third-order valence-corrected chi connectivity index (χ3v) is 9.38. The summed E-state index contributed by atoms with van der Waals surface area (Å²) in [6, 6.07) is 3.68. The standard InChI is InChI=1S/C35H41NO15/c1-15-30(41)20(36-10-6-9-24(49-16(2)38)50-17(3)39)11-25(48-15)51-22-13-35(46,23(40)14-37)12-19-27(22)34(45)29-28(32(19)43)31(42)18-7-5-8-21(47-4)26(18)33(29)44/h5,7-8,15,20,22,24-25,30,36-37,41,43,45-46H,6,9-14H2,1-4H3/t15?,20?,22-,25?,30?,35+/m1/s1. The molecule has 1 heterocycles. The zero-order valence-corrected chi connectivity index (χ0v) is 28.5. The Hall–Kier alpha value is -4.45. The summed E-state index contributed by atoms with van der Waals surface area (Å²) in [5, 5.41) is 58.5. The largest absolute Gasteiger partial charge is 0.507 e. The van der Waals surface area contributed by atoms with E-state index in [1.165, 1.54) is 39.2 Å². The number of carbonyl (C=O) groups excluding carboxylic acids is 5. The normalized spacial score (nSPS) is 25.5. The smallest absolute Gasteiger partial charge is 0.305 e. The average Bonchev–Trinajstić information content (AvgIpc) is 3.07. The highest BCUT2D eigenvalue weighted by Gasteiger charge is 2.50. The van der Waals surface area contributed by atoms with Gasteiger partial charge in [0.25, 0.3) is 0 Å². The number of hydrogen-bond acceptors (Lipinski definition) is 16. The first-order chi connectivity index (χ1) is 24.1. The molecule has 3 aliphatic rings. The number of fused-ring (bicyclic) bond motifs is 3. The molecule has 4 unspecified atom stereocenters. The molecule has 1 aliphatic heterocycles. The molecule has 0 radical (unpaired) electrons. The molecule has 16 nitrogen and oxygen atoms in total. The lowest BCUT2D eigenvalue weighted by Gasteiger charge is -2.43. The number of benzene rings is 2. The van der Waals surface area contributed by atoms with Crippen molar-refractivity contribution in [1.29, 1.82) is 0 Å². The SMILES string of the molecule is COc1cccc2c1C(=O)c1c(O)c3c(c(O)c1C2=O)C[C@@](O)(C(=O)CO)C[C@H]3OC1CC(NCCCC(OC(C)=O)OC(C)=O)C(O)C(C)O1. The highest BCUT2D eigenvalue weighted by Crippen LogP contribution is 2.52. The Morgan fingerprint density at radius 2 is 1.71 bits per heavy atom. The van der Waals surface area contributed by atoms with Crippen molar-refractivity contribution in [2.45, 2.75) is 95.4 Å². The fourth-order valence-electron chi connectivity index (χ4n) is 6.99. The van der Waals surface area contributed by atoms with Crippen LogP contribution in [0.5, 0.6) is 17.2 Å². The van der Waals surface area contributed by atoms with E-state index >= 15 is 0 Å². The van der Waals surface area contributed by atoms with Gasteiger partial charge in [-0.2, -0.15) is 0 Å². The molecule has 0 bridgehead atoms. The Balaban J connectivity index is 1.44. The van der Waals surface area contributed by atoms with Gasteiger partial charge < -0.3 is 54.5 Å². The summed E-state index contributed by atoms with van der Waals surface area (Å²) >= 11 is 0. The Kier molecular flexibility index (Phi) is 11.1. The maximum atomic E-state index is 13.9. The van der Waals surface area contributed by atoms with Gasteiger partial charge in [0.05, 0.1) is 42.1 Å². The van der Waals surface area contributed by atoms with E-state index in [4.69, 9.17) is 23.7 Å². The third kappa shape index (κ3) is 7.33. The summed E-state index contributed by atoms with van der Waals surface area (Å²) in [5.74, 6) is -5.24. The molecule has 6 N–H and O–H groups in total. The van der Waals surface area contributed by atoms with E-state index < -0.39 is 114 Å². The van der Waals surface area contributed by atoms with Crippen LogP contribution in [-0.2, 0) is 39.8 Å². The van der Waals surface area contributed by atoms with Gasteiger partial charge in [-0.25, -0.2) is 0 Å². The van der Waals surface area contributed by atoms with E-state index in [1.54, 1.807) is 6.92 Å². The van der Waals surface area contributed by atoms with Gasteiger partial charge in [0.2, 0.25) is 12.1 Å². The van der Waals surface area contributed by atoms with Crippen molar-refractivity contribution in [3.05, 3.63) is 51.6 Å². The molecule has 1 fully saturated rings. The summed E-state index contributed by atoms with van der Waals surface area (Å²) in [7, 11) is 1.31. The van der Waals surface area contributed by atoms with Crippen molar-refractivity contribution in [3.8, 4) is 17.2 Å². The van der Waals surface area contributed by atoms with Crippen LogP contribution >= 0.6 is 0 Å². The van der Waals surface area contributed by atoms with Crippen LogP contribution in [0.4, 0.5) is 0 Å². The second kappa shape index (κ2) is 15.0. The van der Waals surface area contributed by atoms with Gasteiger partial charge >= 0.3 is 11.9 Å². The number of ether oxygens (including phenoxy) is 5. The van der Waals surface area contributed by atoms with Crippen LogP contribution in [0.3, 0.4) is 0 Å². The van der Waals surface area contributed by atoms with Gasteiger partial charge in [-0.05, 0) is 26.0 Å². The predicted molar refractivity (Wildman–Crippen MR) is 172 cm³/mol. The molecule has 16 heteroatoms. The van der Waals surface area contributed by atoms with Gasteiger partial charge in [-0.3, -0.25) is 24.0 Å². The first-order valence-electron chi connectivity index (χ1n) is 16.4. The van der Waals surface area contributed by atoms with E-state index in [2.05, 4.69) is 5.32 Å². The minimum absolute atomic E-state index is 0.000705. The number of aliphatic hydroxyl groups is 3. The van der Waals surface area contributed by atoms with Crippen LogP contribution < -0.4 is 10.1 Å². The van der Waals surface area contributed by atoms with Crippen LogP contribution in [0.15, 0.2) is 18.2 Å². The lowest BCUT2D eigenvalue weighted by Crippen LogP contribution is -2.54. The number of carbonyl (C=O) groups is 5. The molecular weight excluding hydrogens is 674 g/mol. The fraction of sp³-hybridized carbons (Fsp3) is 0.514. The highest BCUT2D eigenvalue weighted by molar-refractivity contribution is 6.31. The van der Waals surface area contributed by atoms with Gasteiger partial charge in [-0.15, -0.1) is 0 Å². The highest BCUT2D eigenvalue weighted by atomic mass is 16.7. The maximum Gasteiger partial charge on any atom is 0.305 e. The zero-order valence-electron chi connectivity index (χ0n) is 28.5. The molecule has 276 valence electrons. The number of esters is 2. The van der Waals surface area contributed by atoms with Crippen LogP contribution in [0.2, 0.25) is 0 Å². The minimum Gasteiger partial charge on any atom is -0.507 e. The van der Waals surface area contributed by atoms with Crippen molar-refractivity contribution in [1.82, 2.24) is 5.32 Å². The molecule has 2 aliphatic carbocycles. The Labute approximate surface area is 292 Å². The van der Waals surface area contributed by atoms with E-state index in [-0.39, 0.29) is 47.4 Å². The number of aromatic hydroxyl groups is 2. The van der Waals surface area contributed by atoms with Crippen LogP contribution in [-0.4, -0.2) is 112 Å². The summed E-state index contributed by atoms with van der Waals surface area (Å²) in [4.78, 5) is 63.2. The van der Waals surface area contributed by atoms with Gasteiger partial charge in [-0.1, -0.05) is 12.1 Å². The number of methoxy groups -OCH3 is 1. The molecule has 5 rings (SSSR count). The minimum atomic E-state index is -2.31. The number of ketones is 3.